The van der Waals surface area contributed by atoms with Crippen LogP contribution in [0.2, 0.25) is 0 Å². The van der Waals surface area contributed by atoms with E-state index < -0.39 is 0 Å². The highest BCUT2D eigenvalue weighted by Crippen LogP contribution is 2.29. The highest BCUT2D eigenvalue weighted by Gasteiger charge is 2.25. The molecular weight excluding hydrogens is 384 g/mol. The summed E-state index contributed by atoms with van der Waals surface area (Å²) in [6.45, 7) is 5.02. The highest BCUT2D eigenvalue weighted by molar-refractivity contribution is 7.10. The molecule has 2 amide bonds. The maximum atomic E-state index is 12.6. The van der Waals surface area contributed by atoms with E-state index in [-0.39, 0.29) is 12.1 Å². The minimum Gasteiger partial charge on any atom is -0.336 e. The van der Waals surface area contributed by atoms with E-state index in [4.69, 9.17) is 0 Å². The second-order valence-electron chi connectivity index (χ2n) is 7.41. The van der Waals surface area contributed by atoms with Crippen molar-refractivity contribution in [2.75, 3.05) is 25.0 Å². The Labute approximate surface area is 174 Å². The average Bonchev–Trinajstić information content (AvgIpc) is 3.44. The van der Waals surface area contributed by atoms with Crippen LogP contribution in [0.5, 0.6) is 0 Å². The first kappa shape index (κ1) is 19.6. The summed E-state index contributed by atoms with van der Waals surface area (Å²) in [6, 6.07) is 9.64. The van der Waals surface area contributed by atoms with Crippen LogP contribution in [0.1, 0.15) is 30.7 Å². The Hall–Kier alpha value is -2.71. The predicted octanol–water partition coefficient (Wildman–Crippen LogP) is 3.92. The average molecular weight is 411 g/mol. The Morgan fingerprint density at radius 3 is 2.83 bits per heavy atom. The van der Waals surface area contributed by atoms with Crippen LogP contribution < -0.4 is 10.6 Å². The van der Waals surface area contributed by atoms with Gasteiger partial charge in [-0.2, -0.15) is 5.10 Å². The molecule has 0 aromatic carbocycles. The summed E-state index contributed by atoms with van der Waals surface area (Å²) in [5.74, 6) is 1.37. The van der Waals surface area contributed by atoms with Crippen LogP contribution >= 0.6 is 11.3 Å². The number of nitrogens with zero attached hydrogens (tertiary/aromatic N) is 4. The zero-order valence-corrected chi connectivity index (χ0v) is 17.3. The Morgan fingerprint density at radius 2 is 2.10 bits per heavy atom. The van der Waals surface area contributed by atoms with E-state index in [0.29, 0.717) is 18.1 Å². The Kier molecular flexibility index (Phi) is 6.21. The molecule has 4 rings (SSSR count). The number of anilines is 1. The number of aromatic nitrogens is 3. The number of hydrogen-bond donors (Lipinski definition) is 2. The highest BCUT2D eigenvalue weighted by atomic mass is 32.1. The molecule has 0 spiro atoms. The molecular formula is C21H26N6OS. The lowest BCUT2D eigenvalue weighted by atomic mass is 9.97. The SMILES string of the molecule is CC1CCN(C(CNC(=O)Nc2cccnc2-n2cccn2)c2cccs2)CC1. The molecule has 29 heavy (non-hydrogen) atoms. The fraction of sp³-hybridized carbons (Fsp3) is 0.381. The van der Waals surface area contributed by atoms with E-state index in [1.807, 2.05) is 12.1 Å². The van der Waals surface area contributed by atoms with E-state index in [1.165, 1.54) is 17.7 Å². The monoisotopic (exact) mass is 410 g/mol. The zero-order chi connectivity index (χ0) is 20.1. The van der Waals surface area contributed by atoms with E-state index in [2.05, 4.69) is 50.1 Å². The standard InChI is InChI=1S/C21H26N6OS/c1-16-7-12-26(13-8-16)18(19-6-3-14-29-19)15-23-21(28)25-17-5-2-9-22-20(17)27-11-4-10-24-27/h2-6,9-11,14,16,18H,7-8,12-13,15H2,1H3,(H2,23,25,28). The van der Waals surface area contributed by atoms with Gasteiger partial charge in [0, 0.05) is 30.0 Å². The molecule has 7 nitrogen and oxygen atoms in total. The summed E-state index contributed by atoms with van der Waals surface area (Å²) in [5.41, 5.74) is 0.619. The van der Waals surface area contributed by atoms with Gasteiger partial charge in [0.15, 0.2) is 5.82 Å². The van der Waals surface area contributed by atoms with Crippen LogP contribution in [0.4, 0.5) is 10.5 Å². The van der Waals surface area contributed by atoms with Gasteiger partial charge < -0.3 is 10.6 Å². The van der Waals surface area contributed by atoms with E-state index in [0.717, 1.165) is 19.0 Å². The van der Waals surface area contributed by atoms with Gasteiger partial charge in [0.25, 0.3) is 0 Å². The molecule has 4 heterocycles. The van der Waals surface area contributed by atoms with Crippen molar-refractivity contribution in [1.29, 1.82) is 0 Å². The molecule has 2 N–H and O–H groups in total. The van der Waals surface area contributed by atoms with Crippen LogP contribution in [0.25, 0.3) is 5.82 Å². The van der Waals surface area contributed by atoms with E-state index in [1.54, 1.807) is 40.7 Å². The van der Waals surface area contributed by atoms with Crippen molar-refractivity contribution in [2.24, 2.45) is 5.92 Å². The first-order chi connectivity index (χ1) is 14.2. The minimum absolute atomic E-state index is 0.202. The fourth-order valence-corrected chi connectivity index (χ4v) is 4.52. The van der Waals surface area contributed by atoms with Gasteiger partial charge in [-0.15, -0.1) is 11.3 Å². The lowest BCUT2D eigenvalue weighted by molar-refractivity contribution is 0.138. The number of rotatable bonds is 6. The van der Waals surface area contributed by atoms with Crippen molar-refractivity contribution in [2.45, 2.75) is 25.8 Å². The van der Waals surface area contributed by atoms with Crippen LogP contribution in [-0.2, 0) is 0 Å². The molecule has 0 aliphatic carbocycles. The molecule has 0 bridgehead atoms. The maximum Gasteiger partial charge on any atom is 0.319 e. The van der Waals surface area contributed by atoms with Gasteiger partial charge in [-0.25, -0.2) is 14.5 Å². The van der Waals surface area contributed by atoms with Crippen LogP contribution in [-0.4, -0.2) is 45.3 Å². The van der Waals surface area contributed by atoms with Crippen molar-refractivity contribution in [1.82, 2.24) is 25.0 Å². The Balaban J connectivity index is 1.41. The topological polar surface area (TPSA) is 75.1 Å². The van der Waals surface area contributed by atoms with Crippen molar-refractivity contribution < 1.29 is 4.79 Å². The molecule has 152 valence electrons. The van der Waals surface area contributed by atoms with Gasteiger partial charge in [-0.05, 0) is 61.5 Å². The predicted molar refractivity (Wildman–Crippen MR) is 115 cm³/mol. The number of amides is 2. The lowest BCUT2D eigenvalue weighted by Crippen LogP contribution is -2.42. The molecule has 1 fully saturated rings. The molecule has 1 unspecified atom stereocenters. The number of carbonyl (C=O) groups excluding carboxylic acids is 1. The number of hydrogen-bond acceptors (Lipinski definition) is 5. The summed E-state index contributed by atoms with van der Waals surface area (Å²) in [7, 11) is 0. The Bertz CT molecular complexity index is 903. The molecule has 1 atom stereocenters. The Morgan fingerprint density at radius 1 is 1.24 bits per heavy atom. The third-order valence-electron chi connectivity index (χ3n) is 5.34. The van der Waals surface area contributed by atoms with Gasteiger partial charge in [0.1, 0.15) is 0 Å². The molecule has 1 aliphatic heterocycles. The number of likely N-dealkylation sites (tertiary alicyclic amines) is 1. The number of pyridine rings is 1. The summed E-state index contributed by atoms with van der Waals surface area (Å²) < 4.78 is 1.64. The number of piperidine rings is 1. The second-order valence-corrected chi connectivity index (χ2v) is 8.39. The first-order valence-electron chi connectivity index (χ1n) is 9.98. The number of carbonyl (C=O) groups is 1. The zero-order valence-electron chi connectivity index (χ0n) is 16.5. The molecule has 8 heteroatoms. The molecule has 1 aliphatic rings. The quantitative estimate of drug-likeness (QED) is 0.646. The van der Waals surface area contributed by atoms with E-state index in [9.17, 15) is 4.79 Å². The summed E-state index contributed by atoms with van der Waals surface area (Å²) in [5, 5.41) is 12.3. The van der Waals surface area contributed by atoms with Gasteiger partial charge in [-0.1, -0.05) is 13.0 Å². The van der Waals surface area contributed by atoms with Gasteiger partial charge in [0.2, 0.25) is 0 Å². The molecule has 0 saturated carbocycles. The third-order valence-corrected chi connectivity index (χ3v) is 6.32. The van der Waals surface area contributed by atoms with Crippen molar-refractivity contribution >= 4 is 23.1 Å². The molecule has 3 aromatic heterocycles. The molecule has 1 saturated heterocycles. The van der Waals surface area contributed by atoms with E-state index >= 15 is 0 Å². The first-order valence-corrected chi connectivity index (χ1v) is 10.9. The maximum absolute atomic E-state index is 12.6. The van der Waals surface area contributed by atoms with Crippen molar-refractivity contribution in [3.63, 3.8) is 0 Å². The van der Waals surface area contributed by atoms with Crippen LogP contribution in [0.3, 0.4) is 0 Å². The molecule has 0 radical (unpaired) electrons. The third kappa shape index (κ3) is 4.83. The lowest BCUT2D eigenvalue weighted by Gasteiger charge is -2.36. The minimum atomic E-state index is -0.238. The number of nitrogens with one attached hydrogen (secondary N) is 2. The number of thiophene rings is 1. The normalized spacial score (nSPS) is 16.4. The fourth-order valence-electron chi connectivity index (χ4n) is 3.66. The van der Waals surface area contributed by atoms with Crippen LogP contribution in [0.15, 0.2) is 54.3 Å². The van der Waals surface area contributed by atoms with Gasteiger partial charge in [0.05, 0.1) is 11.7 Å². The number of urea groups is 1. The van der Waals surface area contributed by atoms with Gasteiger partial charge >= 0.3 is 6.03 Å². The van der Waals surface area contributed by atoms with Gasteiger partial charge in [-0.3, -0.25) is 4.90 Å². The summed E-state index contributed by atoms with van der Waals surface area (Å²) in [6.07, 6.45) is 7.58. The summed E-state index contributed by atoms with van der Waals surface area (Å²) >= 11 is 1.75. The van der Waals surface area contributed by atoms with Crippen molar-refractivity contribution in [3.05, 3.63) is 59.2 Å². The van der Waals surface area contributed by atoms with Crippen molar-refractivity contribution in [3.8, 4) is 5.82 Å². The second kappa shape index (κ2) is 9.19. The van der Waals surface area contributed by atoms with Crippen LogP contribution in [0, 0.1) is 5.92 Å². The molecule has 3 aromatic rings. The largest absolute Gasteiger partial charge is 0.336 e. The smallest absolute Gasteiger partial charge is 0.319 e. The summed E-state index contributed by atoms with van der Waals surface area (Å²) in [4.78, 5) is 20.8.